The zero-order valence-corrected chi connectivity index (χ0v) is 11.0. The first-order valence-corrected chi connectivity index (χ1v) is 6.16. The Labute approximate surface area is 105 Å². The number of nitrogens with two attached hydrogens (primary N) is 1. The van der Waals surface area contributed by atoms with Crippen molar-refractivity contribution in [3.8, 4) is 0 Å². The van der Waals surface area contributed by atoms with Crippen LogP contribution < -0.4 is 5.73 Å². The topological polar surface area (TPSA) is 67.6 Å². The molecule has 0 aliphatic rings. The van der Waals surface area contributed by atoms with Gasteiger partial charge in [0.2, 0.25) is 5.16 Å². The molecule has 0 atom stereocenters. The van der Waals surface area contributed by atoms with Crippen LogP contribution in [0.3, 0.4) is 0 Å². The van der Waals surface area contributed by atoms with Crippen LogP contribution in [-0.4, -0.2) is 15.2 Å². The number of nitrogen functional groups attached to an aromatic ring is 1. The van der Waals surface area contributed by atoms with Gasteiger partial charge in [-0.25, -0.2) is 4.98 Å². The number of halogens is 1. The number of nitrogens with one attached hydrogen (secondary N) is 1. The summed E-state index contributed by atoms with van der Waals surface area (Å²) in [5, 5.41) is 7.61. The van der Waals surface area contributed by atoms with E-state index in [4.69, 9.17) is 5.73 Å². The molecule has 0 amide bonds. The van der Waals surface area contributed by atoms with E-state index in [0.29, 0.717) is 0 Å². The standard InChI is InChI=1S/C9H9IN4S/c1-5-12-9(14-13-5)15-8-3-2-6(11)4-7(8)10/h2-4H,11H2,1H3,(H,12,13,14). The van der Waals surface area contributed by atoms with Gasteiger partial charge >= 0.3 is 0 Å². The third kappa shape index (κ3) is 2.63. The highest BCUT2D eigenvalue weighted by atomic mass is 127. The van der Waals surface area contributed by atoms with Gasteiger partial charge in [0.15, 0.2) is 0 Å². The molecule has 3 N–H and O–H groups in total. The average molecular weight is 332 g/mol. The van der Waals surface area contributed by atoms with Gasteiger partial charge < -0.3 is 5.73 Å². The average Bonchev–Trinajstić information content (AvgIpc) is 2.56. The number of H-pyrrole nitrogens is 1. The fraction of sp³-hybridized carbons (Fsp3) is 0.111. The van der Waals surface area contributed by atoms with Gasteiger partial charge in [-0.1, -0.05) is 0 Å². The molecule has 0 spiro atoms. The number of hydrogen-bond acceptors (Lipinski definition) is 4. The minimum absolute atomic E-state index is 0.732. The number of benzene rings is 1. The third-order valence-corrected chi connectivity index (χ3v) is 3.93. The van der Waals surface area contributed by atoms with Gasteiger partial charge in [0.1, 0.15) is 5.82 Å². The van der Waals surface area contributed by atoms with Crippen LogP contribution in [0.1, 0.15) is 5.82 Å². The Bertz CT molecular complexity index is 483. The van der Waals surface area contributed by atoms with E-state index in [-0.39, 0.29) is 0 Å². The minimum atomic E-state index is 0.732. The molecule has 1 aromatic carbocycles. The SMILES string of the molecule is Cc1nc(Sc2ccc(N)cc2I)n[nH]1. The number of rotatable bonds is 2. The van der Waals surface area contributed by atoms with Gasteiger partial charge in [-0.05, 0) is 59.5 Å². The molecule has 1 aromatic heterocycles. The molecule has 1 heterocycles. The summed E-state index contributed by atoms with van der Waals surface area (Å²) >= 11 is 3.78. The van der Waals surface area contributed by atoms with Gasteiger partial charge in [0.25, 0.3) is 0 Å². The summed E-state index contributed by atoms with van der Waals surface area (Å²) in [4.78, 5) is 5.35. The first-order valence-electron chi connectivity index (χ1n) is 4.27. The summed E-state index contributed by atoms with van der Waals surface area (Å²) in [7, 11) is 0. The lowest BCUT2D eigenvalue weighted by atomic mass is 10.3. The normalized spacial score (nSPS) is 10.5. The van der Waals surface area contributed by atoms with Crippen molar-refractivity contribution >= 4 is 40.0 Å². The lowest BCUT2D eigenvalue weighted by molar-refractivity contribution is 0.969. The molecule has 2 rings (SSSR count). The predicted octanol–water partition coefficient (Wildman–Crippen LogP) is 2.45. The summed E-state index contributed by atoms with van der Waals surface area (Å²) in [5.41, 5.74) is 6.45. The molecule has 15 heavy (non-hydrogen) atoms. The van der Waals surface area contributed by atoms with Crippen molar-refractivity contribution < 1.29 is 0 Å². The van der Waals surface area contributed by atoms with Crippen LogP contribution in [0.4, 0.5) is 5.69 Å². The fourth-order valence-corrected chi connectivity index (χ4v) is 2.70. The zero-order chi connectivity index (χ0) is 10.8. The van der Waals surface area contributed by atoms with Crippen LogP contribution in [0.25, 0.3) is 0 Å². The second kappa shape index (κ2) is 4.40. The maximum Gasteiger partial charge on any atom is 0.213 e. The molecule has 0 saturated heterocycles. The molecule has 0 aliphatic carbocycles. The van der Waals surface area contributed by atoms with E-state index < -0.39 is 0 Å². The highest BCUT2D eigenvalue weighted by Crippen LogP contribution is 2.30. The largest absolute Gasteiger partial charge is 0.399 e. The summed E-state index contributed by atoms with van der Waals surface area (Å²) < 4.78 is 1.11. The molecule has 0 aliphatic heterocycles. The van der Waals surface area contributed by atoms with Gasteiger partial charge in [0, 0.05) is 14.2 Å². The van der Waals surface area contributed by atoms with Crippen LogP contribution in [0.5, 0.6) is 0 Å². The molecular formula is C9H9IN4S. The van der Waals surface area contributed by atoms with E-state index >= 15 is 0 Å². The smallest absolute Gasteiger partial charge is 0.213 e. The predicted molar refractivity (Wildman–Crippen MR) is 68.8 cm³/mol. The number of anilines is 1. The molecule has 4 nitrogen and oxygen atoms in total. The Kier molecular flexibility index (Phi) is 3.15. The zero-order valence-electron chi connectivity index (χ0n) is 7.99. The molecule has 0 saturated carbocycles. The molecule has 78 valence electrons. The van der Waals surface area contributed by atoms with Gasteiger partial charge in [-0.2, -0.15) is 0 Å². The number of aryl methyl sites for hydroxylation is 1. The van der Waals surface area contributed by atoms with Crippen molar-refractivity contribution in [3.05, 3.63) is 27.6 Å². The number of aromatic nitrogens is 3. The highest BCUT2D eigenvalue weighted by Gasteiger charge is 2.06. The van der Waals surface area contributed by atoms with Gasteiger partial charge in [-0.15, -0.1) is 5.10 Å². The second-order valence-corrected chi connectivity index (χ2v) is 5.17. The van der Waals surface area contributed by atoms with Crippen LogP contribution in [0, 0.1) is 10.5 Å². The first-order chi connectivity index (χ1) is 7.15. The maximum atomic E-state index is 5.67. The number of aromatic amines is 1. The van der Waals surface area contributed by atoms with E-state index in [1.165, 1.54) is 11.8 Å². The van der Waals surface area contributed by atoms with Crippen LogP contribution >= 0.6 is 34.4 Å². The van der Waals surface area contributed by atoms with Crippen molar-refractivity contribution in [1.29, 1.82) is 0 Å². The second-order valence-electron chi connectivity index (χ2n) is 3.00. The third-order valence-electron chi connectivity index (χ3n) is 1.73. The Hall–Kier alpha value is -0.760. The van der Waals surface area contributed by atoms with Crippen molar-refractivity contribution in [3.63, 3.8) is 0 Å². The summed E-state index contributed by atoms with van der Waals surface area (Å²) in [5.74, 6) is 0.822. The molecule has 0 unspecified atom stereocenters. The lowest BCUT2D eigenvalue weighted by Gasteiger charge is -2.01. The molecular weight excluding hydrogens is 323 g/mol. The molecule has 2 aromatic rings. The van der Waals surface area contributed by atoms with Crippen molar-refractivity contribution in [1.82, 2.24) is 15.2 Å². The molecule has 6 heteroatoms. The Morgan fingerprint density at radius 3 is 2.87 bits per heavy atom. The highest BCUT2D eigenvalue weighted by molar-refractivity contribution is 14.1. The van der Waals surface area contributed by atoms with E-state index in [9.17, 15) is 0 Å². The van der Waals surface area contributed by atoms with Crippen molar-refractivity contribution in [2.45, 2.75) is 17.0 Å². The van der Waals surface area contributed by atoms with Crippen molar-refractivity contribution in [2.24, 2.45) is 0 Å². The molecule has 0 radical (unpaired) electrons. The fourth-order valence-electron chi connectivity index (χ4n) is 1.07. The van der Waals surface area contributed by atoms with E-state index in [2.05, 4.69) is 37.8 Å². The lowest BCUT2D eigenvalue weighted by Crippen LogP contribution is -1.87. The van der Waals surface area contributed by atoms with E-state index in [0.717, 1.165) is 25.1 Å². The number of nitrogens with zero attached hydrogens (tertiary/aromatic N) is 2. The van der Waals surface area contributed by atoms with Crippen LogP contribution in [-0.2, 0) is 0 Å². The first kappa shape index (κ1) is 10.7. The minimum Gasteiger partial charge on any atom is -0.399 e. The number of hydrogen-bond donors (Lipinski definition) is 2. The van der Waals surface area contributed by atoms with E-state index in [1.807, 2.05) is 25.1 Å². The van der Waals surface area contributed by atoms with Crippen LogP contribution in [0.15, 0.2) is 28.3 Å². The summed E-state index contributed by atoms with van der Waals surface area (Å²) in [6.07, 6.45) is 0. The Balaban J connectivity index is 2.24. The van der Waals surface area contributed by atoms with Crippen LogP contribution in [0.2, 0.25) is 0 Å². The van der Waals surface area contributed by atoms with Gasteiger partial charge in [0.05, 0.1) is 0 Å². The Morgan fingerprint density at radius 1 is 1.47 bits per heavy atom. The molecule has 0 fully saturated rings. The Morgan fingerprint density at radius 2 is 2.27 bits per heavy atom. The quantitative estimate of drug-likeness (QED) is 0.655. The summed E-state index contributed by atoms with van der Waals surface area (Å²) in [6, 6.07) is 5.79. The van der Waals surface area contributed by atoms with E-state index in [1.54, 1.807) is 0 Å². The molecule has 0 bridgehead atoms. The van der Waals surface area contributed by atoms with Crippen molar-refractivity contribution in [2.75, 3.05) is 5.73 Å². The maximum absolute atomic E-state index is 5.67. The monoisotopic (exact) mass is 332 g/mol. The van der Waals surface area contributed by atoms with Gasteiger partial charge in [-0.3, -0.25) is 5.10 Å². The summed E-state index contributed by atoms with van der Waals surface area (Å²) in [6.45, 7) is 1.88.